The molecule has 0 spiro atoms. The van der Waals surface area contributed by atoms with E-state index in [1.165, 1.54) is 0 Å². The van der Waals surface area contributed by atoms with Gasteiger partial charge in [-0.3, -0.25) is 0 Å². The number of likely N-dealkylation sites (N-methyl/N-ethyl adjacent to an activating group) is 1. The van der Waals surface area contributed by atoms with Crippen LogP contribution in [-0.4, -0.2) is 33.4 Å². The molecule has 21 heavy (non-hydrogen) atoms. The first-order valence-electron chi connectivity index (χ1n) is 7.08. The van der Waals surface area contributed by atoms with Crippen molar-refractivity contribution >= 4 is 5.69 Å². The molecule has 1 aliphatic rings. The Kier molecular flexibility index (Phi) is 3.71. The van der Waals surface area contributed by atoms with Crippen LogP contribution in [0.15, 0.2) is 42.5 Å². The van der Waals surface area contributed by atoms with Gasteiger partial charge in [-0.05, 0) is 23.8 Å². The molecule has 0 bridgehead atoms. The number of hydrogen-bond acceptors (Lipinski definition) is 4. The summed E-state index contributed by atoms with van der Waals surface area (Å²) in [7, 11) is 3.74. The Balaban J connectivity index is 2.05. The smallest absolute Gasteiger partial charge is 0.150 e. The number of nitrogens with two attached hydrogens (primary N) is 1. The molecule has 2 N–H and O–H groups in total. The second-order valence-electron chi connectivity index (χ2n) is 5.24. The normalized spacial score (nSPS) is 17.1. The van der Waals surface area contributed by atoms with Crippen LogP contribution < -0.4 is 20.1 Å². The molecule has 0 saturated carbocycles. The fourth-order valence-corrected chi connectivity index (χ4v) is 2.68. The van der Waals surface area contributed by atoms with Crippen LogP contribution in [0.5, 0.6) is 11.5 Å². The molecule has 0 aliphatic carbocycles. The van der Waals surface area contributed by atoms with Crippen LogP contribution >= 0.6 is 0 Å². The van der Waals surface area contributed by atoms with Crippen molar-refractivity contribution in [3.63, 3.8) is 0 Å². The molecule has 2 aromatic rings. The third-order valence-corrected chi connectivity index (χ3v) is 3.83. The molecule has 1 heterocycles. The molecule has 0 radical (unpaired) electrons. The van der Waals surface area contributed by atoms with E-state index in [4.69, 9.17) is 15.2 Å². The molecule has 1 atom stereocenters. The van der Waals surface area contributed by atoms with E-state index >= 15 is 0 Å². The zero-order valence-corrected chi connectivity index (χ0v) is 12.4. The van der Waals surface area contributed by atoms with Gasteiger partial charge in [0.25, 0.3) is 0 Å². The molecule has 110 valence electrons. The predicted octanol–water partition coefficient (Wildman–Crippen LogP) is 2.52. The van der Waals surface area contributed by atoms with Gasteiger partial charge in [0.2, 0.25) is 0 Å². The van der Waals surface area contributed by atoms with Gasteiger partial charge in [-0.25, -0.2) is 0 Å². The van der Waals surface area contributed by atoms with Crippen molar-refractivity contribution in [3.05, 3.63) is 42.5 Å². The first kappa shape index (κ1) is 13.8. The van der Waals surface area contributed by atoms with Crippen LogP contribution in [0.2, 0.25) is 0 Å². The summed E-state index contributed by atoms with van der Waals surface area (Å²) in [4.78, 5) is 2.20. The topological polar surface area (TPSA) is 47.7 Å². The maximum Gasteiger partial charge on any atom is 0.150 e. The molecule has 3 rings (SSSR count). The molecule has 0 aromatic heterocycles. The second-order valence-corrected chi connectivity index (χ2v) is 5.24. The van der Waals surface area contributed by atoms with Gasteiger partial charge in [-0.1, -0.05) is 24.3 Å². The SMILES string of the molecule is COc1ccc(-c2cccc3c2OC(CN)CN3C)cc1. The third kappa shape index (κ3) is 2.54. The monoisotopic (exact) mass is 284 g/mol. The van der Waals surface area contributed by atoms with Crippen molar-refractivity contribution in [1.82, 2.24) is 0 Å². The summed E-state index contributed by atoms with van der Waals surface area (Å²) in [6.07, 6.45) is 0.0295. The van der Waals surface area contributed by atoms with E-state index in [2.05, 4.69) is 30.1 Å². The summed E-state index contributed by atoms with van der Waals surface area (Å²) >= 11 is 0. The summed E-state index contributed by atoms with van der Waals surface area (Å²) in [6.45, 7) is 1.33. The summed E-state index contributed by atoms with van der Waals surface area (Å²) in [6, 6.07) is 14.2. The molecule has 1 unspecified atom stereocenters. The maximum absolute atomic E-state index is 6.10. The van der Waals surface area contributed by atoms with Crippen LogP contribution in [0.25, 0.3) is 11.1 Å². The van der Waals surface area contributed by atoms with E-state index in [1.807, 2.05) is 24.3 Å². The number of para-hydroxylation sites is 1. The summed E-state index contributed by atoms with van der Waals surface area (Å²) in [5, 5.41) is 0. The van der Waals surface area contributed by atoms with E-state index in [1.54, 1.807) is 7.11 Å². The molecule has 0 amide bonds. The van der Waals surface area contributed by atoms with E-state index in [9.17, 15) is 0 Å². The highest BCUT2D eigenvalue weighted by Gasteiger charge is 2.25. The molecule has 1 aliphatic heterocycles. The Labute approximate surface area is 125 Å². The lowest BCUT2D eigenvalue weighted by Crippen LogP contribution is -2.42. The number of methoxy groups -OCH3 is 1. The van der Waals surface area contributed by atoms with Gasteiger partial charge in [0, 0.05) is 19.2 Å². The zero-order valence-electron chi connectivity index (χ0n) is 12.4. The second kappa shape index (κ2) is 5.66. The molecular weight excluding hydrogens is 264 g/mol. The Morgan fingerprint density at radius 3 is 2.67 bits per heavy atom. The first-order valence-corrected chi connectivity index (χ1v) is 7.08. The minimum atomic E-state index is 0.0295. The summed E-state index contributed by atoms with van der Waals surface area (Å²) < 4.78 is 11.3. The van der Waals surface area contributed by atoms with Crippen molar-refractivity contribution in [1.29, 1.82) is 0 Å². The lowest BCUT2D eigenvalue weighted by molar-refractivity contribution is 0.205. The minimum absolute atomic E-state index is 0.0295. The van der Waals surface area contributed by atoms with E-state index in [-0.39, 0.29) is 6.10 Å². The molecular formula is C17H20N2O2. The van der Waals surface area contributed by atoms with Crippen molar-refractivity contribution in [3.8, 4) is 22.6 Å². The molecule has 4 heteroatoms. The lowest BCUT2D eigenvalue weighted by atomic mass is 10.0. The average molecular weight is 284 g/mol. The lowest BCUT2D eigenvalue weighted by Gasteiger charge is -2.34. The molecule has 4 nitrogen and oxygen atoms in total. The highest BCUT2D eigenvalue weighted by molar-refractivity contribution is 5.79. The van der Waals surface area contributed by atoms with Gasteiger partial charge in [-0.15, -0.1) is 0 Å². The highest BCUT2D eigenvalue weighted by Crippen LogP contribution is 2.41. The van der Waals surface area contributed by atoms with E-state index in [0.29, 0.717) is 6.54 Å². The van der Waals surface area contributed by atoms with E-state index in [0.717, 1.165) is 34.9 Å². The Bertz CT molecular complexity index is 625. The van der Waals surface area contributed by atoms with Crippen LogP contribution in [0.3, 0.4) is 0 Å². The van der Waals surface area contributed by atoms with Crippen LogP contribution in [0, 0.1) is 0 Å². The van der Waals surface area contributed by atoms with Gasteiger partial charge in [0.15, 0.2) is 5.75 Å². The van der Waals surface area contributed by atoms with E-state index < -0.39 is 0 Å². The average Bonchev–Trinajstić information content (AvgIpc) is 2.54. The Morgan fingerprint density at radius 2 is 2.00 bits per heavy atom. The third-order valence-electron chi connectivity index (χ3n) is 3.83. The largest absolute Gasteiger partial charge is 0.497 e. The fourth-order valence-electron chi connectivity index (χ4n) is 2.68. The van der Waals surface area contributed by atoms with Gasteiger partial charge >= 0.3 is 0 Å². The summed E-state index contributed by atoms with van der Waals surface area (Å²) in [5.41, 5.74) is 9.08. The number of ether oxygens (including phenoxy) is 2. The molecule has 0 fully saturated rings. The highest BCUT2D eigenvalue weighted by atomic mass is 16.5. The van der Waals surface area contributed by atoms with Crippen molar-refractivity contribution in [2.24, 2.45) is 5.73 Å². The van der Waals surface area contributed by atoms with Crippen LogP contribution in [0.4, 0.5) is 5.69 Å². The number of rotatable bonds is 3. The van der Waals surface area contributed by atoms with Gasteiger partial charge < -0.3 is 20.1 Å². The van der Waals surface area contributed by atoms with Crippen LogP contribution in [0.1, 0.15) is 0 Å². The standard InChI is InChI=1S/C17H20N2O2/c1-19-11-14(10-18)21-17-15(4-3-5-16(17)19)12-6-8-13(20-2)9-7-12/h3-9,14H,10-11,18H2,1-2H3. The van der Waals surface area contributed by atoms with Crippen LogP contribution in [-0.2, 0) is 0 Å². The van der Waals surface area contributed by atoms with Gasteiger partial charge in [-0.2, -0.15) is 0 Å². The Hall–Kier alpha value is -2.20. The zero-order chi connectivity index (χ0) is 14.8. The number of hydrogen-bond donors (Lipinski definition) is 1. The van der Waals surface area contributed by atoms with Crippen molar-refractivity contribution in [2.75, 3.05) is 32.1 Å². The van der Waals surface area contributed by atoms with Crippen molar-refractivity contribution < 1.29 is 9.47 Å². The summed E-state index contributed by atoms with van der Waals surface area (Å²) in [5.74, 6) is 1.76. The molecule has 2 aromatic carbocycles. The van der Waals surface area contributed by atoms with Gasteiger partial charge in [0.05, 0.1) is 19.3 Å². The Morgan fingerprint density at radius 1 is 1.24 bits per heavy atom. The minimum Gasteiger partial charge on any atom is -0.497 e. The maximum atomic E-state index is 6.10. The number of fused-ring (bicyclic) bond motifs is 1. The fraction of sp³-hybridized carbons (Fsp3) is 0.294. The molecule has 0 saturated heterocycles. The number of nitrogens with zero attached hydrogens (tertiary/aromatic N) is 1. The quantitative estimate of drug-likeness (QED) is 0.941. The number of benzene rings is 2. The number of anilines is 1. The predicted molar refractivity (Wildman–Crippen MR) is 85.2 cm³/mol. The van der Waals surface area contributed by atoms with Gasteiger partial charge in [0.1, 0.15) is 11.9 Å². The van der Waals surface area contributed by atoms with Crippen molar-refractivity contribution in [2.45, 2.75) is 6.10 Å². The first-order chi connectivity index (χ1) is 10.2.